The summed E-state index contributed by atoms with van der Waals surface area (Å²) in [5.41, 5.74) is 3.75. The van der Waals surface area contributed by atoms with Crippen LogP contribution in [0.15, 0.2) is 28.7 Å². The molecule has 4 heteroatoms. The second kappa shape index (κ2) is 5.46. The van der Waals surface area contributed by atoms with Crippen molar-refractivity contribution in [3.8, 4) is 0 Å². The van der Waals surface area contributed by atoms with Crippen LogP contribution in [-0.4, -0.2) is 17.1 Å². The number of carbonyl (C=O) groups is 1. The van der Waals surface area contributed by atoms with Gasteiger partial charge in [0.25, 0.3) is 5.91 Å². The van der Waals surface area contributed by atoms with Crippen molar-refractivity contribution in [2.24, 2.45) is 5.41 Å². The highest BCUT2D eigenvalue weighted by molar-refractivity contribution is 6.07. The van der Waals surface area contributed by atoms with Gasteiger partial charge in [0.1, 0.15) is 5.76 Å². The molecule has 4 rings (SSSR count). The first-order chi connectivity index (χ1) is 11.8. The molecule has 25 heavy (non-hydrogen) atoms. The third kappa shape index (κ3) is 2.51. The highest BCUT2D eigenvalue weighted by Crippen LogP contribution is 2.44. The van der Waals surface area contributed by atoms with E-state index in [-0.39, 0.29) is 17.4 Å². The van der Waals surface area contributed by atoms with Crippen LogP contribution >= 0.6 is 0 Å². The molecule has 1 aliphatic heterocycles. The first-order valence-corrected chi connectivity index (χ1v) is 9.00. The number of para-hydroxylation sites is 1. The fourth-order valence-electron chi connectivity index (χ4n) is 4.47. The molecule has 1 N–H and O–H groups in total. The average Bonchev–Trinajstić information content (AvgIpc) is 3.02. The third-order valence-corrected chi connectivity index (χ3v) is 5.61. The van der Waals surface area contributed by atoms with Gasteiger partial charge in [0, 0.05) is 29.3 Å². The van der Waals surface area contributed by atoms with Crippen LogP contribution in [-0.2, 0) is 12.8 Å². The van der Waals surface area contributed by atoms with Crippen molar-refractivity contribution in [3.05, 3.63) is 52.5 Å². The minimum Gasteiger partial charge on any atom is -0.455 e. The number of aliphatic hydroxyl groups is 1. The standard InChI is InChI=1S/C21H25NO3/c1-12-9-14-7-5-6-8-15(14)22(12)20(24)19-13(2)18-16(23)10-21(3,4)11-17(18)25-19/h5-8,12,16,23H,9-11H2,1-4H3. The number of anilines is 1. The quantitative estimate of drug-likeness (QED) is 0.848. The fraction of sp³-hybridized carbons (Fsp3) is 0.476. The van der Waals surface area contributed by atoms with E-state index < -0.39 is 6.10 Å². The Morgan fingerprint density at radius 1 is 1.32 bits per heavy atom. The average molecular weight is 339 g/mol. The van der Waals surface area contributed by atoms with E-state index in [4.69, 9.17) is 4.42 Å². The van der Waals surface area contributed by atoms with Crippen LogP contribution in [0.5, 0.6) is 0 Å². The van der Waals surface area contributed by atoms with Crippen molar-refractivity contribution in [1.29, 1.82) is 0 Å². The van der Waals surface area contributed by atoms with E-state index >= 15 is 0 Å². The summed E-state index contributed by atoms with van der Waals surface area (Å²) in [5.74, 6) is 1.05. The Morgan fingerprint density at radius 3 is 2.80 bits per heavy atom. The SMILES string of the molecule is Cc1c(C(=O)N2c3ccccc3CC2C)oc2c1C(O)CC(C)(C)C2. The van der Waals surface area contributed by atoms with E-state index in [9.17, 15) is 9.90 Å². The molecule has 0 spiro atoms. The summed E-state index contributed by atoms with van der Waals surface area (Å²) in [6, 6.07) is 8.14. The number of rotatable bonds is 1. The molecule has 0 saturated carbocycles. The first kappa shape index (κ1) is 16.4. The number of carbonyl (C=O) groups excluding carboxylic acids is 1. The predicted octanol–water partition coefficient (Wildman–Crippen LogP) is 4.19. The highest BCUT2D eigenvalue weighted by atomic mass is 16.4. The van der Waals surface area contributed by atoms with E-state index in [2.05, 4.69) is 26.8 Å². The molecule has 132 valence electrons. The molecule has 2 unspecified atom stereocenters. The largest absolute Gasteiger partial charge is 0.455 e. The molecule has 4 nitrogen and oxygen atoms in total. The zero-order valence-corrected chi connectivity index (χ0v) is 15.3. The number of furan rings is 1. The summed E-state index contributed by atoms with van der Waals surface area (Å²) >= 11 is 0. The minimum atomic E-state index is -0.563. The van der Waals surface area contributed by atoms with E-state index in [1.807, 2.05) is 30.0 Å². The van der Waals surface area contributed by atoms with E-state index in [0.29, 0.717) is 12.2 Å². The summed E-state index contributed by atoms with van der Waals surface area (Å²) in [5, 5.41) is 10.6. The normalized spacial score (nSPS) is 24.1. The lowest BCUT2D eigenvalue weighted by molar-refractivity contribution is 0.0898. The lowest BCUT2D eigenvalue weighted by atomic mass is 9.75. The molecule has 2 aliphatic rings. The van der Waals surface area contributed by atoms with Gasteiger partial charge in [-0.25, -0.2) is 0 Å². The second-order valence-corrected chi connectivity index (χ2v) is 8.31. The van der Waals surface area contributed by atoms with Crippen LogP contribution in [0.4, 0.5) is 5.69 Å². The van der Waals surface area contributed by atoms with Crippen molar-refractivity contribution in [2.45, 2.75) is 59.1 Å². The van der Waals surface area contributed by atoms with E-state index in [1.54, 1.807) is 0 Å². The lowest BCUT2D eigenvalue weighted by Gasteiger charge is -2.31. The second-order valence-electron chi connectivity index (χ2n) is 8.31. The molecule has 0 bridgehead atoms. The molecule has 2 atom stereocenters. The van der Waals surface area contributed by atoms with Gasteiger partial charge in [-0.05, 0) is 43.7 Å². The van der Waals surface area contributed by atoms with Crippen LogP contribution in [0.2, 0.25) is 0 Å². The highest BCUT2D eigenvalue weighted by Gasteiger charge is 2.39. The van der Waals surface area contributed by atoms with Gasteiger partial charge in [-0.2, -0.15) is 0 Å². The maximum absolute atomic E-state index is 13.3. The Bertz CT molecular complexity index is 849. The monoisotopic (exact) mass is 339 g/mol. The van der Waals surface area contributed by atoms with Gasteiger partial charge < -0.3 is 14.4 Å². The zero-order chi connectivity index (χ0) is 17.9. The third-order valence-electron chi connectivity index (χ3n) is 5.61. The van der Waals surface area contributed by atoms with Gasteiger partial charge in [0.15, 0.2) is 5.76 Å². The summed E-state index contributed by atoms with van der Waals surface area (Å²) in [4.78, 5) is 15.1. The Labute approximate surface area is 148 Å². The molecule has 0 fully saturated rings. The Kier molecular flexibility index (Phi) is 3.58. The zero-order valence-electron chi connectivity index (χ0n) is 15.3. The molecular formula is C21H25NO3. The number of fused-ring (bicyclic) bond motifs is 2. The predicted molar refractivity (Wildman–Crippen MR) is 96.9 cm³/mol. The van der Waals surface area contributed by atoms with Crippen molar-refractivity contribution in [2.75, 3.05) is 4.90 Å². The maximum atomic E-state index is 13.3. The van der Waals surface area contributed by atoms with Crippen LogP contribution in [0, 0.1) is 12.3 Å². The molecule has 2 aromatic rings. The number of nitrogens with zero attached hydrogens (tertiary/aromatic N) is 1. The van der Waals surface area contributed by atoms with Crippen LogP contribution in [0.1, 0.15) is 66.3 Å². The topological polar surface area (TPSA) is 53.7 Å². The Balaban J connectivity index is 1.76. The summed E-state index contributed by atoms with van der Waals surface area (Å²) in [6.45, 7) is 8.20. The number of hydrogen-bond donors (Lipinski definition) is 1. The fourth-order valence-corrected chi connectivity index (χ4v) is 4.47. The van der Waals surface area contributed by atoms with Crippen LogP contribution < -0.4 is 4.90 Å². The molecule has 1 amide bonds. The summed E-state index contributed by atoms with van der Waals surface area (Å²) in [7, 11) is 0. The molecule has 1 aliphatic carbocycles. The smallest absolute Gasteiger partial charge is 0.294 e. The Morgan fingerprint density at radius 2 is 2.04 bits per heavy atom. The van der Waals surface area contributed by atoms with E-state index in [1.165, 1.54) is 5.56 Å². The molecule has 0 saturated heterocycles. The van der Waals surface area contributed by atoms with Crippen molar-refractivity contribution < 1.29 is 14.3 Å². The van der Waals surface area contributed by atoms with E-state index in [0.717, 1.165) is 35.4 Å². The van der Waals surface area contributed by atoms with Gasteiger partial charge >= 0.3 is 0 Å². The van der Waals surface area contributed by atoms with Crippen molar-refractivity contribution in [3.63, 3.8) is 0 Å². The van der Waals surface area contributed by atoms with Gasteiger partial charge in [0.05, 0.1) is 6.10 Å². The number of hydrogen-bond acceptors (Lipinski definition) is 3. The molecule has 1 aromatic carbocycles. The maximum Gasteiger partial charge on any atom is 0.294 e. The minimum absolute atomic E-state index is 0.0233. The molecule has 1 aromatic heterocycles. The number of benzene rings is 1. The van der Waals surface area contributed by atoms with Crippen LogP contribution in [0.25, 0.3) is 0 Å². The number of amides is 1. The summed E-state index contributed by atoms with van der Waals surface area (Å²) < 4.78 is 6.03. The van der Waals surface area contributed by atoms with Crippen LogP contribution in [0.3, 0.4) is 0 Å². The number of aliphatic hydroxyl groups excluding tert-OH is 1. The molecule has 0 radical (unpaired) electrons. The van der Waals surface area contributed by atoms with Crippen molar-refractivity contribution >= 4 is 11.6 Å². The van der Waals surface area contributed by atoms with Gasteiger partial charge in [-0.15, -0.1) is 0 Å². The lowest BCUT2D eigenvalue weighted by Crippen LogP contribution is -2.35. The molecular weight excluding hydrogens is 314 g/mol. The van der Waals surface area contributed by atoms with Crippen molar-refractivity contribution in [1.82, 2.24) is 0 Å². The summed E-state index contributed by atoms with van der Waals surface area (Å²) in [6.07, 6.45) is 1.74. The van der Waals surface area contributed by atoms with Gasteiger partial charge in [0.2, 0.25) is 0 Å². The van der Waals surface area contributed by atoms with Gasteiger partial charge in [-0.1, -0.05) is 32.0 Å². The Hall–Kier alpha value is -2.07. The first-order valence-electron chi connectivity index (χ1n) is 9.00. The molecule has 2 heterocycles. The van der Waals surface area contributed by atoms with Gasteiger partial charge in [-0.3, -0.25) is 4.79 Å².